The minimum Gasteiger partial charge on any atom is -0.464 e. The van der Waals surface area contributed by atoms with Crippen LogP contribution in [0.1, 0.15) is 77.0 Å². The molecule has 4 N–H and O–H groups in total. The molecule has 162 valence electrons. The van der Waals surface area contributed by atoms with E-state index in [1.807, 2.05) is 6.07 Å². The molecule has 0 fully saturated rings. The second-order valence-corrected chi connectivity index (χ2v) is 8.62. The van der Waals surface area contributed by atoms with Gasteiger partial charge in [-0.05, 0) is 67.0 Å². The lowest BCUT2D eigenvalue weighted by Crippen LogP contribution is -2.34. The first kappa shape index (κ1) is 20.9. The minimum absolute atomic E-state index is 0.0858. The second kappa shape index (κ2) is 8.06. The van der Waals surface area contributed by atoms with Crippen LogP contribution in [-0.2, 0) is 17.6 Å². The third-order valence-electron chi connectivity index (χ3n) is 6.07. The average molecular weight is 421 g/mol. The number of nitrogens with one attached hydrogen (secondary N) is 2. The second-order valence-electron chi connectivity index (χ2n) is 8.62. The summed E-state index contributed by atoms with van der Waals surface area (Å²) in [4.78, 5) is 39.3. The van der Waals surface area contributed by atoms with Crippen molar-refractivity contribution in [2.45, 2.75) is 58.4 Å². The van der Waals surface area contributed by atoms with Crippen molar-refractivity contribution in [3.8, 4) is 0 Å². The van der Waals surface area contributed by atoms with Gasteiger partial charge in [-0.25, -0.2) is 0 Å². The molecule has 1 atom stereocenters. The molecule has 0 radical (unpaired) electrons. The number of benzene rings is 1. The summed E-state index contributed by atoms with van der Waals surface area (Å²) in [6, 6.07) is 5.37. The van der Waals surface area contributed by atoms with Crippen LogP contribution in [0, 0.1) is 6.92 Å². The fraction of sp³-hybridized carbons (Fsp3) is 0.375. The number of primary amides is 1. The van der Waals surface area contributed by atoms with Crippen LogP contribution in [-0.4, -0.2) is 16.8 Å². The van der Waals surface area contributed by atoms with E-state index < -0.39 is 11.5 Å². The molecule has 2 heterocycles. The summed E-state index contributed by atoms with van der Waals surface area (Å²) in [6.45, 7) is 6.35. The first-order valence-corrected chi connectivity index (χ1v) is 10.6. The number of hydrogen-bond acceptors (Lipinski definition) is 4. The molecule has 0 bridgehead atoms. The molecule has 1 aliphatic rings. The maximum atomic E-state index is 12.9. The summed E-state index contributed by atoms with van der Waals surface area (Å²) >= 11 is 0. The van der Waals surface area contributed by atoms with Gasteiger partial charge in [0.2, 0.25) is 5.91 Å². The molecule has 1 aliphatic carbocycles. The predicted octanol–water partition coefficient (Wildman–Crippen LogP) is 3.39. The Hall–Kier alpha value is -3.35. The van der Waals surface area contributed by atoms with E-state index in [9.17, 15) is 14.4 Å². The lowest BCUT2D eigenvalue weighted by molar-refractivity contribution is -0.121. The first-order valence-electron chi connectivity index (χ1n) is 10.6. The Balaban J connectivity index is 1.58. The maximum Gasteiger partial charge on any atom is 0.261 e. The number of carbonyl (C=O) groups excluding carboxylic acids is 2. The zero-order chi connectivity index (χ0) is 22.3. The molecular weight excluding hydrogens is 394 g/mol. The smallest absolute Gasteiger partial charge is 0.261 e. The molecule has 2 aromatic heterocycles. The van der Waals surface area contributed by atoms with E-state index in [2.05, 4.69) is 37.1 Å². The molecular formula is C24H27N3O4. The van der Waals surface area contributed by atoms with Crippen molar-refractivity contribution >= 4 is 22.8 Å². The number of furan rings is 1. The molecule has 1 aromatic carbocycles. The summed E-state index contributed by atoms with van der Waals surface area (Å²) in [5.41, 5.74) is 10.3. The van der Waals surface area contributed by atoms with Crippen molar-refractivity contribution in [1.82, 2.24) is 10.3 Å². The summed E-state index contributed by atoms with van der Waals surface area (Å²) in [5, 5.41) is 4.01. The van der Waals surface area contributed by atoms with Crippen molar-refractivity contribution in [1.29, 1.82) is 0 Å². The molecule has 31 heavy (non-hydrogen) atoms. The fourth-order valence-electron chi connectivity index (χ4n) is 4.50. The monoisotopic (exact) mass is 421 g/mol. The number of pyridine rings is 1. The Morgan fingerprint density at radius 2 is 2.06 bits per heavy atom. The SMILES string of the molecule is Cc1cc2occ(CC(=O)NC3CCCc4[nH]c(=O)c(C(N)=O)cc43)c2cc1C(C)C. The topological polar surface area (TPSA) is 118 Å². The quantitative estimate of drug-likeness (QED) is 0.585. The Kier molecular flexibility index (Phi) is 5.43. The van der Waals surface area contributed by atoms with Crippen LogP contribution in [0.2, 0.25) is 0 Å². The number of fused-ring (bicyclic) bond motifs is 2. The number of aromatic amines is 1. The fourth-order valence-corrected chi connectivity index (χ4v) is 4.50. The van der Waals surface area contributed by atoms with Gasteiger partial charge in [0.05, 0.1) is 18.7 Å². The maximum absolute atomic E-state index is 12.9. The van der Waals surface area contributed by atoms with Crippen LogP contribution in [0.3, 0.4) is 0 Å². The molecule has 0 saturated heterocycles. The standard InChI is InChI=1S/C24H27N3O4/c1-12(2)15-9-16-14(11-31-21(16)7-13(15)3)8-22(28)26-19-5-4-6-20-17(19)10-18(23(25)29)24(30)27-20/h7,9-12,19H,4-6,8H2,1-3H3,(H2,25,29)(H,26,28)(H,27,30). The largest absolute Gasteiger partial charge is 0.464 e. The van der Waals surface area contributed by atoms with Crippen LogP contribution in [0.15, 0.2) is 33.7 Å². The minimum atomic E-state index is -0.777. The summed E-state index contributed by atoms with van der Waals surface area (Å²) < 4.78 is 5.70. The highest BCUT2D eigenvalue weighted by Gasteiger charge is 2.25. The Bertz CT molecular complexity index is 1240. The van der Waals surface area contributed by atoms with Gasteiger partial charge in [-0.3, -0.25) is 14.4 Å². The van der Waals surface area contributed by atoms with Gasteiger partial charge in [-0.1, -0.05) is 13.8 Å². The van der Waals surface area contributed by atoms with E-state index in [1.54, 1.807) is 6.26 Å². The number of aromatic nitrogens is 1. The Labute approximate surface area is 180 Å². The number of carbonyl (C=O) groups is 2. The highest BCUT2D eigenvalue weighted by molar-refractivity contribution is 5.92. The van der Waals surface area contributed by atoms with Crippen molar-refractivity contribution in [2.24, 2.45) is 5.73 Å². The molecule has 2 amide bonds. The Morgan fingerprint density at radius 1 is 1.29 bits per heavy atom. The van der Waals surface area contributed by atoms with Gasteiger partial charge in [0.1, 0.15) is 11.1 Å². The molecule has 3 aromatic rings. The third-order valence-corrected chi connectivity index (χ3v) is 6.07. The van der Waals surface area contributed by atoms with Crippen molar-refractivity contribution in [2.75, 3.05) is 0 Å². The van der Waals surface area contributed by atoms with Gasteiger partial charge >= 0.3 is 0 Å². The lowest BCUT2D eigenvalue weighted by atomic mass is 9.90. The van der Waals surface area contributed by atoms with Crippen LogP contribution < -0.4 is 16.6 Å². The number of H-pyrrole nitrogens is 1. The number of aryl methyl sites for hydroxylation is 2. The van der Waals surface area contributed by atoms with E-state index in [4.69, 9.17) is 10.2 Å². The van der Waals surface area contributed by atoms with E-state index >= 15 is 0 Å². The summed E-state index contributed by atoms with van der Waals surface area (Å²) in [5.74, 6) is -0.541. The lowest BCUT2D eigenvalue weighted by Gasteiger charge is -2.26. The number of nitrogens with two attached hydrogens (primary N) is 1. The predicted molar refractivity (Wildman–Crippen MR) is 118 cm³/mol. The third kappa shape index (κ3) is 4.00. The highest BCUT2D eigenvalue weighted by Crippen LogP contribution is 2.31. The van der Waals surface area contributed by atoms with Gasteiger partial charge in [0.15, 0.2) is 0 Å². The molecule has 4 rings (SSSR count). The van der Waals surface area contributed by atoms with Gasteiger partial charge in [-0.2, -0.15) is 0 Å². The van der Waals surface area contributed by atoms with Crippen LogP contribution in [0.25, 0.3) is 11.0 Å². The van der Waals surface area contributed by atoms with E-state index in [0.717, 1.165) is 40.6 Å². The first-order chi connectivity index (χ1) is 14.7. The van der Waals surface area contributed by atoms with Gasteiger partial charge < -0.3 is 20.5 Å². The normalized spacial score (nSPS) is 15.8. The number of hydrogen-bond donors (Lipinski definition) is 3. The number of amides is 2. The van der Waals surface area contributed by atoms with Gasteiger partial charge in [-0.15, -0.1) is 0 Å². The van der Waals surface area contributed by atoms with Crippen molar-refractivity contribution in [3.63, 3.8) is 0 Å². The molecule has 0 aliphatic heterocycles. The van der Waals surface area contributed by atoms with Crippen LogP contribution in [0.4, 0.5) is 0 Å². The molecule has 1 unspecified atom stereocenters. The summed E-state index contributed by atoms with van der Waals surface area (Å²) in [6.07, 6.45) is 4.08. The molecule has 0 spiro atoms. The van der Waals surface area contributed by atoms with E-state index in [1.165, 1.54) is 17.2 Å². The average Bonchev–Trinajstić information content (AvgIpc) is 3.07. The van der Waals surface area contributed by atoms with Crippen LogP contribution in [0.5, 0.6) is 0 Å². The van der Waals surface area contributed by atoms with Gasteiger partial charge in [0, 0.05) is 16.6 Å². The van der Waals surface area contributed by atoms with Crippen molar-refractivity contribution in [3.05, 3.63) is 68.3 Å². The molecule has 0 saturated carbocycles. The van der Waals surface area contributed by atoms with E-state index in [0.29, 0.717) is 12.3 Å². The van der Waals surface area contributed by atoms with Crippen LogP contribution >= 0.6 is 0 Å². The zero-order valence-corrected chi connectivity index (χ0v) is 18.0. The Morgan fingerprint density at radius 3 is 2.77 bits per heavy atom. The zero-order valence-electron chi connectivity index (χ0n) is 18.0. The van der Waals surface area contributed by atoms with Crippen molar-refractivity contribution < 1.29 is 14.0 Å². The number of rotatable bonds is 5. The van der Waals surface area contributed by atoms with Gasteiger partial charge in [0.25, 0.3) is 11.5 Å². The molecule has 7 nitrogen and oxygen atoms in total. The molecule has 7 heteroatoms. The highest BCUT2D eigenvalue weighted by atomic mass is 16.3. The van der Waals surface area contributed by atoms with E-state index in [-0.39, 0.29) is 23.9 Å². The summed E-state index contributed by atoms with van der Waals surface area (Å²) in [7, 11) is 0.